The molecule has 0 atom stereocenters. The molecule has 2 N–H and O–H groups in total. The Hall–Kier alpha value is -3.65. The van der Waals surface area contributed by atoms with Crippen LogP contribution >= 0.6 is 11.6 Å². The third-order valence-corrected chi connectivity index (χ3v) is 5.69. The fourth-order valence-corrected chi connectivity index (χ4v) is 4.05. The number of amides is 4. The Kier molecular flexibility index (Phi) is 6.98. The number of halogens is 3. The van der Waals surface area contributed by atoms with Crippen LogP contribution in [0.1, 0.15) is 17.5 Å². The van der Waals surface area contributed by atoms with E-state index >= 15 is 0 Å². The van der Waals surface area contributed by atoms with E-state index in [2.05, 4.69) is 10.6 Å². The van der Waals surface area contributed by atoms with Crippen molar-refractivity contribution in [2.45, 2.75) is 19.9 Å². The van der Waals surface area contributed by atoms with Crippen molar-refractivity contribution in [2.24, 2.45) is 0 Å². The first-order chi connectivity index (χ1) is 16.3. The van der Waals surface area contributed by atoms with Gasteiger partial charge in [-0.25, -0.2) is 18.4 Å². The highest BCUT2D eigenvalue weighted by atomic mass is 35.5. The number of aryl methyl sites for hydroxylation is 1. The van der Waals surface area contributed by atoms with Crippen molar-refractivity contribution in [1.29, 1.82) is 0 Å². The normalized spacial score (nSPS) is 13.7. The summed E-state index contributed by atoms with van der Waals surface area (Å²) >= 11 is 5.98. The molecule has 34 heavy (non-hydrogen) atoms. The van der Waals surface area contributed by atoms with E-state index in [-0.39, 0.29) is 18.1 Å². The molecular formula is C25H23ClF2N4O2. The van der Waals surface area contributed by atoms with Gasteiger partial charge in [-0.1, -0.05) is 23.7 Å². The van der Waals surface area contributed by atoms with Crippen molar-refractivity contribution in [3.05, 3.63) is 88.4 Å². The van der Waals surface area contributed by atoms with E-state index in [1.54, 1.807) is 36.4 Å². The van der Waals surface area contributed by atoms with E-state index in [1.807, 2.05) is 13.0 Å². The average Bonchev–Trinajstić information content (AvgIpc) is 2.78. The quantitative estimate of drug-likeness (QED) is 0.440. The first kappa shape index (κ1) is 23.5. The molecule has 1 aliphatic heterocycles. The van der Waals surface area contributed by atoms with Crippen LogP contribution in [0, 0.1) is 18.6 Å². The van der Waals surface area contributed by atoms with Crippen molar-refractivity contribution < 1.29 is 18.4 Å². The lowest BCUT2D eigenvalue weighted by molar-refractivity contribution is 0.191. The monoisotopic (exact) mass is 484 g/mol. The minimum absolute atomic E-state index is 0.0528. The minimum Gasteiger partial charge on any atom is -0.320 e. The third-order valence-electron chi connectivity index (χ3n) is 5.45. The van der Waals surface area contributed by atoms with E-state index in [0.717, 1.165) is 23.8 Å². The molecule has 1 saturated heterocycles. The van der Waals surface area contributed by atoms with Crippen LogP contribution in [0.4, 0.5) is 35.4 Å². The molecule has 1 aliphatic rings. The maximum Gasteiger partial charge on any atom is 0.324 e. The Labute approximate surface area is 201 Å². The molecule has 6 nitrogen and oxygen atoms in total. The molecule has 176 valence electrons. The van der Waals surface area contributed by atoms with Gasteiger partial charge in [-0.3, -0.25) is 4.90 Å². The number of nitrogens with one attached hydrogen (secondary N) is 2. The molecule has 0 saturated carbocycles. The summed E-state index contributed by atoms with van der Waals surface area (Å²) in [6.07, 6.45) is 0.630. The first-order valence-electron chi connectivity index (χ1n) is 10.7. The van der Waals surface area contributed by atoms with E-state index in [0.29, 0.717) is 41.6 Å². The number of hydrogen-bond donors (Lipinski definition) is 2. The molecule has 3 aromatic carbocycles. The molecule has 3 aromatic rings. The lowest BCUT2D eigenvalue weighted by Crippen LogP contribution is -2.49. The Morgan fingerprint density at radius 1 is 1.03 bits per heavy atom. The standard InChI is InChI=1S/C25H23ClF2N4O2/c1-16-6-9-23(22(12-16)30-24(33)29-20-5-2-4-18(26)14-20)32-11-3-10-31(25(32)34)15-17-13-19(27)7-8-21(17)28/h2,4-9,12-14H,3,10-11,15H2,1H3,(H2,29,30,33). The maximum atomic E-state index is 14.1. The number of hydrogen-bond acceptors (Lipinski definition) is 2. The lowest BCUT2D eigenvalue weighted by atomic mass is 10.1. The minimum atomic E-state index is -0.568. The van der Waals surface area contributed by atoms with Crippen molar-refractivity contribution in [3.8, 4) is 0 Å². The Morgan fingerprint density at radius 3 is 2.65 bits per heavy atom. The van der Waals surface area contributed by atoms with Crippen LogP contribution in [0.15, 0.2) is 60.7 Å². The number of benzene rings is 3. The smallest absolute Gasteiger partial charge is 0.320 e. The summed E-state index contributed by atoms with van der Waals surface area (Å²) in [6, 6.07) is 14.5. The molecule has 9 heteroatoms. The second-order valence-corrected chi connectivity index (χ2v) is 8.49. The molecule has 0 radical (unpaired) electrons. The van der Waals surface area contributed by atoms with Gasteiger partial charge in [-0.05, 0) is 67.4 Å². The topological polar surface area (TPSA) is 64.7 Å². The fraction of sp³-hybridized carbons (Fsp3) is 0.200. The average molecular weight is 485 g/mol. The zero-order valence-corrected chi connectivity index (χ0v) is 19.2. The van der Waals surface area contributed by atoms with Crippen LogP contribution in [0.3, 0.4) is 0 Å². The van der Waals surface area contributed by atoms with Crippen LogP contribution in [0.5, 0.6) is 0 Å². The number of rotatable bonds is 5. The SMILES string of the molecule is Cc1ccc(N2CCCN(Cc3cc(F)ccc3F)C2=O)c(NC(=O)Nc2cccc(Cl)c2)c1. The van der Waals surface area contributed by atoms with Gasteiger partial charge in [0.2, 0.25) is 0 Å². The predicted molar refractivity (Wildman–Crippen MR) is 129 cm³/mol. The first-order valence-corrected chi connectivity index (χ1v) is 11.1. The number of anilines is 3. The Balaban J connectivity index is 1.54. The molecule has 0 aliphatic carbocycles. The van der Waals surface area contributed by atoms with Crippen molar-refractivity contribution in [2.75, 3.05) is 28.6 Å². The van der Waals surface area contributed by atoms with E-state index in [4.69, 9.17) is 11.6 Å². The van der Waals surface area contributed by atoms with Crippen molar-refractivity contribution >= 4 is 40.7 Å². The van der Waals surface area contributed by atoms with Gasteiger partial charge in [0.1, 0.15) is 11.6 Å². The number of carbonyl (C=O) groups excluding carboxylic acids is 2. The number of carbonyl (C=O) groups is 2. The van der Waals surface area contributed by atoms with Gasteiger partial charge in [0, 0.05) is 29.4 Å². The van der Waals surface area contributed by atoms with Crippen LogP contribution in [0.25, 0.3) is 0 Å². The zero-order valence-electron chi connectivity index (χ0n) is 18.4. The molecule has 0 bridgehead atoms. The Bertz CT molecular complexity index is 1240. The molecule has 0 aromatic heterocycles. The molecule has 0 spiro atoms. The summed E-state index contributed by atoms with van der Waals surface area (Å²) in [4.78, 5) is 28.9. The summed E-state index contributed by atoms with van der Waals surface area (Å²) in [6.45, 7) is 2.66. The maximum absolute atomic E-state index is 14.1. The van der Waals surface area contributed by atoms with Gasteiger partial charge < -0.3 is 15.5 Å². The molecule has 4 amide bonds. The fourth-order valence-electron chi connectivity index (χ4n) is 3.86. The molecular weight excluding hydrogens is 462 g/mol. The highest BCUT2D eigenvalue weighted by Crippen LogP contribution is 2.31. The largest absolute Gasteiger partial charge is 0.324 e. The predicted octanol–water partition coefficient (Wildman–Crippen LogP) is 6.40. The zero-order chi connectivity index (χ0) is 24.2. The lowest BCUT2D eigenvalue weighted by Gasteiger charge is -2.36. The van der Waals surface area contributed by atoms with Gasteiger partial charge in [0.05, 0.1) is 17.9 Å². The van der Waals surface area contributed by atoms with Crippen LogP contribution in [-0.2, 0) is 6.54 Å². The summed E-state index contributed by atoms with van der Waals surface area (Å²) in [5, 5.41) is 6.01. The molecule has 4 rings (SSSR count). The summed E-state index contributed by atoms with van der Waals surface area (Å²) in [5.41, 5.74) is 2.49. The summed E-state index contributed by atoms with van der Waals surface area (Å²) < 4.78 is 27.7. The highest BCUT2D eigenvalue weighted by Gasteiger charge is 2.29. The van der Waals surface area contributed by atoms with E-state index in [1.165, 1.54) is 9.80 Å². The van der Waals surface area contributed by atoms with Crippen LogP contribution < -0.4 is 15.5 Å². The summed E-state index contributed by atoms with van der Waals surface area (Å²) in [5.74, 6) is -1.13. The second-order valence-electron chi connectivity index (χ2n) is 8.06. The van der Waals surface area contributed by atoms with E-state index < -0.39 is 17.7 Å². The molecule has 1 fully saturated rings. The van der Waals surface area contributed by atoms with Gasteiger partial charge in [-0.15, -0.1) is 0 Å². The molecule has 1 heterocycles. The highest BCUT2D eigenvalue weighted by molar-refractivity contribution is 6.30. The van der Waals surface area contributed by atoms with Crippen LogP contribution in [-0.4, -0.2) is 30.1 Å². The molecule has 0 unspecified atom stereocenters. The van der Waals surface area contributed by atoms with Crippen molar-refractivity contribution in [3.63, 3.8) is 0 Å². The summed E-state index contributed by atoms with van der Waals surface area (Å²) in [7, 11) is 0. The number of urea groups is 2. The van der Waals surface area contributed by atoms with Gasteiger partial charge in [0.25, 0.3) is 0 Å². The second kappa shape index (κ2) is 10.1. The van der Waals surface area contributed by atoms with Gasteiger partial charge >= 0.3 is 12.1 Å². The van der Waals surface area contributed by atoms with Crippen LogP contribution in [0.2, 0.25) is 5.02 Å². The third kappa shape index (κ3) is 5.46. The number of nitrogens with zero attached hydrogens (tertiary/aromatic N) is 2. The van der Waals surface area contributed by atoms with Gasteiger partial charge in [0.15, 0.2) is 0 Å². The van der Waals surface area contributed by atoms with Gasteiger partial charge in [-0.2, -0.15) is 0 Å². The van der Waals surface area contributed by atoms with Crippen molar-refractivity contribution in [1.82, 2.24) is 4.90 Å². The Morgan fingerprint density at radius 2 is 1.85 bits per heavy atom. The van der Waals surface area contributed by atoms with E-state index in [9.17, 15) is 18.4 Å².